The minimum Gasteiger partial charge on any atom is -0.497 e. The standard InChI is InChI=1S/C24H34N3O10PS/c1-14(2)35-19(29)15(3)26-38(39,37-17-9-7-16(33-6)8-10-17)34-13-23(4)20(30)24(5,32)21(36-23)27-12-11-18(28)25-22(27)31/h7-12,14-15,20-21,30,32H,13H2,1-6H3,(H,26,39)(H,25,28,31)/t15?,20-,21-,23?,24-,38?/m1/s1. The number of ether oxygens (including phenoxy) is 3. The second-order valence-corrected chi connectivity index (χ2v) is 12.9. The predicted octanol–water partition coefficient (Wildman–Crippen LogP) is 1.19. The van der Waals surface area contributed by atoms with Crippen molar-refractivity contribution in [2.75, 3.05) is 13.7 Å². The number of carbonyl (C=O) groups is 1. The summed E-state index contributed by atoms with van der Waals surface area (Å²) >= 11 is 5.71. The molecule has 2 heterocycles. The van der Waals surface area contributed by atoms with Crippen LogP contribution in [0.25, 0.3) is 0 Å². The van der Waals surface area contributed by atoms with Gasteiger partial charge < -0.3 is 33.5 Å². The molecule has 3 rings (SSSR count). The normalized spacial score (nSPS) is 27.1. The Morgan fingerprint density at radius 1 is 1.21 bits per heavy atom. The lowest BCUT2D eigenvalue weighted by Crippen LogP contribution is -2.50. The van der Waals surface area contributed by atoms with Gasteiger partial charge in [0, 0.05) is 12.3 Å². The van der Waals surface area contributed by atoms with Crippen LogP contribution in [0.5, 0.6) is 11.5 Å². The van der Waals surface area contributed by atoms with E-state index in [1.54, 1.807) is 45.0 Å². The topological polar surface area (TPSA) is 171 Å². The Kier molecular flexibility index (Phi) is 9.43. The van der Waals surface area contributed by atoms with Gasteiger partial charge in [0.15, 0.2) is 6.23 Å². The summed E-state index contributed by atoms with van der Waals surface area (Å²) in [6, 6.07) is 6.68. The van der Waals surface area contributed by atoms with E-state index in [0.717, 1.165) is 16.8 Å². The van der Waals surface area contributed by atoms with E-state index in [2.05, 4.69) is 10.1 Å². The van der Waals surface area contributed by atoms with E-state index in [4.69, 9.17) is 35.1 Å². The number of aromatic nitrogens is 2. The SMILES string of the molecule is COc1ccc(OP(=S)(NC(C)C(=O)OC(C)C)OCC2(C)O[C@@H](n3ccc(=O)[nH]c3=O)[C@](C)(O)[C@@H]2O)cc1. The van der Waals surface area contributed by atoms with Crippen molar-refractivity contribution < 1.29 is 38.3 Å². The average molecular weight is 588 g/mol. The third-order valence-electron chi connectivity index (χ3n) is 5.98. The zero-order chi connectivity index (χ0) is 29.2. The van der Waals surface area contributed by atoms with E-state index in [1.165, 1.54) is 21.0 Å². The molecule has 0 saturated carbocycles. The molecule has 1 aliphatic rings. The van der Waals surface area contributed by atoms with Crippen LogP contribution in [0.3, 0.4) is 0 Å². The molecular formula is C24H34N3O10PS. The monoisotopic (exact) mass is 587 g/mol. The molecule has 39 heavy (non-hydrogen) atoms. The fourth-order valence-electron chi connectivity index (χ4n) is 3.96. The second kappa shape index (κ2) is 11.9. The van der Waals surface area contributed by atoms with Gasteiger partial charge >= 0.3 is 18.3 Å². The molecule has 13 nitrogen and oxygen atoms in total. The number of H-pyrrole nitrogens is 1. The number of aromatic amines is 1. The molecule has 1 fully saturated rings. The van der Waals surface area contributed by atoms with Gasteiger partial charge in [-0.25, -0.2) is 9.88 Å². The number of rotatable bonds is 11. The number of carbonyl (C=O) groups excluding carboxylic acids is 1. The Morgan fingerprint density at radius 2 is 1.82 bits per heavy atom. The summed E-state index contributed by atoms with van der Waals surface area (Å²) in [5.74, 6) is 0.322. The summed E-state index contributed by atoms with van der Waals surface area (Å²) in [5, 5.41) is 25.0. The lowest BCUT2D eigenvalue weighted by Gasteiger charge is -2.33. The van der Waals surface area contributed by atoms with Crippen LogP contribution < -0.4 is 25.6 Å². The number of hydrogen-bond donors (Lipinski definition) is 4. The quantitative estimate of drug-likeness (QED) is 0.219. The average Bonchev–Trinajstić information content (AvgIpc) is 3.03. The van der Waals surface area contributed by atoms with E-state index in [9.17, 15) is 24.6 Å². The molecule has 1 saturated heterocycles. The summed E-state index contributed by atoms with van der Waals surface area (Å²) in [6.07, 6.45) is -2.15. The van der Waals surface area contributed by atoms with Crippen molar-refractivity contribution in [2.45, 2.75) is 70.3 Å². The highest BCUT2D eigenvalue weighted by Crippen LogP contribution is 2.50. The molecular weight excluding hydrogens is 553 g/mol. The summed E-state index contributed by atoms with van der Waals surface area (Å²) < 4.78 is 29.3. The lowest BCUT2D eigenvalue weighted by molar-refractivity contribution is -0.149. The largest absolute Gasteiger partial charge is 0.497 e. The van der Waals surface area contributed by atoms with Crippen molar-refractivity contribution in [1.82, 2.24) is 14.6 Å². The zero-order valence-electron chi connectivity index (χ0n) is 22.4. The fraction of sp³-hybridized carbons (Fsp3) is 0.542. The Bertz CT molecular complexity index is 1330. The Labute approximate surface area is 230 Å². The molecule has 0 spiro atoms. The van der Waals surface area contributed by atoms with Crippen LogP contribution in [-0.2, 0) is 30.6 Å². The summed E-state index contributed by atoms with van der Waals surface area (Å²) in [5.41, 5.74) is -5.03. The van der Waals surface area contributed by atoms with E-state index in [0.29, 0.717) is 11.5 Å². The van der Waals surface area contributed by atoms with Gasteiger partial charge in [0.2, 0.25) is 0 Å². The molecule has 216 valence electrons. The molecule has 3 unspecified atom stereocenters. The second-order valence-electron chi connectivity index (χ2n) is 9.80. The Hall–Kier alpha value is -2.58. The van der Waals surface area contributed by atoms with Gasteiger partial charge in [0.1, 0.15) is 34.8 Å². The highest BCUT2D eigenvalue weighted by atomic mass is 32.5. The number of nitrogens with zero attached hydrogens (tertiary/aromatic N) is 1. The third kappa shape index (κ3) is 7.14. The number of aliphatic hydroxyl groups excluding tert-OH is 1. The van der Waals surface area contributed by atoms with Gasteiger partial charge in [-0.05, 0) is 70.7 Å². The molecule has 1 aliphatic heterocycles. The van der Waals surface area contributed by atoms with E-state index in [1.807, 2.05) is 0 Å². The highest BCUT2D eigenvalue weighted by molar-refractivity contribution is 8.09. The van der Waals surface area contributed by atoms with Crippen molar-refractivity contribution in [1.29, 1.82) is 0 Å². The maximum Gasteiger partial charge on any atom is 0.330 e. The number of hydrogen-bond acceptors (Lipinski definition) is 11. The van der Waals surface area contributed by atoms with Gasteiger partial charge in [-0.3, -0.25) is 19.1 Å². The van der Waals surface area contributed by atoms with E-state index in [-0.39, 0.29) is 6.10 Å². The van der Waals surface area contributed by atoms with Crippen molar-refractivity contribution in [3.63, 3.8) is 0 Å². The first-order valence-electron chi connectivity index (χ1n) is 12.1. The Morgan fingerprint density at radius 3 is 2.38 bits per heavy atom. The third-order valence-corrected chi connectivity index (χ3v) is 8.46. The van der Waals surface area contributed by atoms with Crippen LogP contribution >= 0.6 is 6.64 Å². The van der Waals surface area contributed by atoms with Crippen molar-refractivity contribution in [2.24, 2.45) is 0 Å². The smallest absolute Gasteiger partial charge is 0.330 e. The van der Waals surface area contributed by atoms with Crippen molar-refractivity contribution in [3.05, 3.63) is 57.4 Å². The van der Waals surface area contributed by atoms with Gasteiger partial charge in [0.05, 0.1) is 19.8 Å². The van der Waals surface area contributed by atoms with E-state index >= 15 is 0 Å². The minimum absolute atomic E-state index is 0.318. The van der Waals surface area contributed by atoms with Gasteiger partial charge in [-0.15, -0.1) is 0 Å². The van der Waals surface area contributed by atoms with Crippen LogP contribution in [0.2, 0.25) is 0 Å². The van der Waals surface area contributed by atoms with E-state index < -0.39 is 60.0 Å². The van der Waals surface area contributed by atoms with Gasteiger partial charge in [-0.1, -0.05) is 0 Å². The first-order chi connectivity index (χ1) is 18.1. The molecule has 0 aliphatic carbocycles. The van der Waals surface area contributed by atoms with Crippen LogP contribution in [-0.4, -0.2) is 68.9 Å². The molecule has 6 atom stereocenters. The summed E-state index contributed by atoms with van der Waals surface area (Å²) in [7, 11) is 1.52. The fourth-order valence-corrected chi connectivity index (χ4v) is 6.43. The molecule has 15 heteroatoms. The maximum absolute atomic E-state index is 12.5. The van der Waals surface area contributed by atoms with Crippen LogP contribution in [0.4, 0.5) is 0 Å². The number of methoxy groups -OCH3 is 1. The minimum atomic E-state index is -3.54. The molecule has 0 bridgehead atoms. The molecule has 1 aromatic heterocycles. The number of nitrogens with one attached hydrogen (secondary N) is 2. The molecule has 0 amide bonds. The Balaban J connectivity index is 1.87. The zero-order valence-corrected chi connectivity index (χ0v) is 24.2. The van der Waals surface area contributed by atoms with Gasteiger partial charge in [0.25, 0.3) is 5.56 Å². The van der Waals surface area contributed by atoms with Crippen LogP contribution in [0.15, 0.2) is 46.1 Å². The van der Waals surface area contributed by atoms with Crippen molar-refractivity contribution >= 4 is 24.4 Å². The molecule has 4 N–H and O–H groups in total. The van der Waals surface area contributed by atoms with Crippen LogP contribution in [0.1, 0.15) is 40.8 Å². The number of esters is 1. The van der Waals surface area contributed by atoms with Gasteiger partial charge in [-0.2, -0.15) is 0 Å². The van der Waals surface area contributed by atoms with Crippen molar-refractivity contribution in [3.8, 4) is 11.5 Å². The summed E-state index contributed by atoms with van der Waals surface area (Å²) in [4.78, 5) is 38.4. The maximum atomic E-state index is 12.5. The lowest BCUT2D eigenvalue weighted by atomic mass is 9.89. The molecule has 0 radical (unpaired) electrons. The first-order valence-corrected chi connectivity index (χ1v) is 14.7. The first kappa shape index (κ1) is 31.0. The highest BCUT2D eigenvalue weighted by Gasteiger charge is 2.60. The number of benzene rings is 1. The number of aliphatic hydroxyl groups is 2. The predicted molar refractivity (Wildman–Crippen MR) is 144 cm³/mol. The van der Waals surface area contributed by atoms with Crippen LogP contribution in [0, 0.1) is 0 Å². The molecule has 2 aromatic rings. The summed E-state index contributed by atoms with van der Waals surface area (Å²) in [6.45, 7) is 3.76. The molecule has 1 aromatic carbocycles.